The molecule has 0 saturated heterocycles. The monoisotopic (exact) mass is 306 g/mol. The van der Waals surface area contributed by atoms with Gasteiger partial charge in [0.2, 0.25) is 5.91 Å². The summed E-state index contributed by atoms with van der Waals surface area (Å²) in [5.74, 6) is -0.933. The maximum atomic E-state index is 13.7. The van der Waals surface area contributed by atoms with Crippen LogP contribution in [0.3, 0.4) is 0 Å². The normalized spacial score (nSPS) is 12.1. The smallest absolute Gasteiger partial charge is 0.248 e. The lowest BCUT2D eigenvalue weighted by Crippen LogP contribution is -2.19. The van der Waals surface area contributed by atoms with Crippen LogP contribution in [-0.4, -0.2) is 5.91 Å². The Morgan fingerprint density at radius 1 is 1.29 bits per heavy atom. The zero-order valence-corrected chi connectivity index (χ0v) is 12.3. The SMILES string of the molecule is C[C@H](NCc1cc(C(N)=O)ccc1F)c1ccc(Cl)cc1. The van der Waals surface area contributed by atoms with Crippen molar-refractivity contribution < 1.29 is 9.18 Å². The van der Waals surface area contributed by atoms with Crippen molar-refractivity contribution in [2.45, 2.75) is 19.5 Å². The minimum absolute atomic E-state index is 0.0268. The topological polar surface area (TPSA) is 55.1 Å². The fourth-order valence-electron chi connectivity index (χ4n) is 2.00. The van der Waals surface area contributed by atoms with E-state index in [0.29, 0.717) is 22.7 Å². The van der Waals surface area contributed by atoms with Crippen LogP contribution in [0.4, 0.5) is 4.39 Å². The summed E-state index contributed by atoms with van der Waals surface area (Å²) in [4.78, 5) is 11.1. The lowest BCUT2D eigenvalue weighted by molar-refractivity contribution is 0.1000. The summed E-state index contributed by atoms with van der Waals surface area (Å²) >= 11 is 5.84. The fourth-order valence-corrected chi connectivity index (χ4v) is 2.12. The number of halogens is 2. The number of hydrogen-bond acceptors (Lipinski definition) is 2. The third kappa shape index (κ3) is 4.03. The average molecular weight is 307 g/mol. The molecule has 0 aromatic heterocycles. The number of primary amides is 1. The molecule has 0 bridgehead atoms. The minimum Gasteiger partial charge on any atom is -0.366 e. The molecule has 3 nitrogen and oxygen atoms in total. The van der Waals surface area contributed by atoms with E-state index < -0.39 is 5.91 Å². The number of nitrogens with two attached hydrogens (primary N) is 1. The Balaban J connectivity index is 2.07. The van der Waals surface area contributed by atoms with Gasteiger partial charge in [0.15, 0.2) is 0 Å². The van der Waals surface area contributed by atoms with E-state index in [4.69, 9.17) is 17.3 Å². The van der Waals surface area contributed by atoms with Gasteiger partial charge in [-0.25, -0.2) is 4.39 Å². The van der Waals surface area contributed by atoms with E-state index in [9.17, 15) is 9.18 Å². The Bertz CT molecular complexity index is 643. The molecule has 0 radical (unpaired) electrons. The van der Waals surface area contributed by atoms with Gasteiger partial charge in [-0.2, -0.15) is 0 Å². The van der Waals surface area contributed by atoms with E-state index >= 15 is 0 Å². The van der Waals surface area contributed by atoms with E-state index in [0.717, 1.165) is 5.56 Å². The number of carbonyl (C=O) groups is 1. The molecule has 3 N–H and O–H groups in total. The van der Waals surface area contributed by atoms with Gasteiger partial charge in [-0.05, 0) is 42.8 Å². The van der Waals surface area contributed by atoms with Crippen LogP contribution in [0.25, 0.3) is 0 Å². The molecule has 2 aromatic carbocycles. The molecule has 0 aliphatic heterocycles. The minimum atomic E-state index is -0.568. The molecule has 2 rings (SSSR count). The van der Waals surface area contributed by atoms with Gasteiger partial charge >= 0.3 is 0 Å². The molecule has 0 spiro atoms. The summed E-state index contributed by atoms with van der Waals surface area (Å²) in [6.45, 7) is 2.27. The number of rotatable bonds is 5. The predicted molar refractivity (Wildman–Crippen MR) is 81.6 cm³/mol. The first-order valence-corrected chi connectivity index (χ1v) is 6.92. The van der Waals surface area contributed by atoms with Crippen molar-refractivity contribution in [3.8, 4) is 0 Å². The summed E-state index contributed by atoms with van der Waals surface area (Å²) in [6.07, 6.45) is 0. The summed E-state index contributed by atoms with van der Waals surface area (Å²) in [5, 5.41) is 3.88. The van der Waals surface area contributed by atoms with Gasteiger partial charge in [-0.1, -0.05) is 23.7 Å². The summed E-state index contributed by atoms with van der Waals surface area (Å²) in [6, 6.07) is 11.6. The highest BCUT2D eigenvalue weighted by atomic mass is 35.5. The van der Waals surface area contributed by atoms with E-state index in [-0.39, 0.29) is 11.9 Å². The quantitative estimate of drug-likeness (QED) is 0.889. The van der Waals surface area contributed by atoms with Crippen molar-refractivity contribution in [3.05, 3.63) is 70.0 Å². The third-order valence-electron chi connectivity index (χ3n) is 3.30. The van der Waals surface area contributed by atoms with Crippen LogP contribution in [0.5, 0.6) is 0 Å². The molecular formula is C16H16ClFN2O. The molecule has 0 unspecified atom stereocenters. The van der Waals surface area contributed by atoms with Crippen molar-refractivity contribution in [2.24, 2.45) is 5.73 Å². The molecule has 5 heteroatoms. The van der Waals surface area contributed by atoms with Crippen LogP contribution < -0.4 is 11.1 Å². The second-order valence-corrected chi connectivity index (χ2v) is 5.26. The second-order valence-electron chi connectivity index (χ2n) is 4.82. The molecule has 0 saturated carbocycles. The van der Waals surface area contributed by atoms with Gasteiger partial charge in [0.1, 0.15) is 5.82 Å². The number of nitrogens with one attached hydrogen (secondary N) is 1. The molecule has 2 aromatic rings. The van der Waals surface area contributed by atoms with Crippen molar-refractivity contribution in [1.29, 1.82) is 0 Å². The molecule has 1 amide bonds. The molecule has 0 aliphatic carbocycles. The molecule has 1 atom stereocenters. The second kappa shape index (κ2) is 6.70. The number of benzene rings is 2. The van der Waals surface area contributed by atoms with E-state index in [1.807, 2.05) is 31.2 Å². The highest BCUT2D eigenvalue weighted by Gasteiger charge is 2.09. The standard InChI is InChI=1S/C16H16ClFN2O/c1-10(11-2-5-14(17)6-3-11)20-9-13-8-12(16(19)21)4-7-15(13)18/h2-8,10,20H,9H2,1H3,(H2,19,21)/t10-/m0/s1. The number of hydrogen-bond donors (Lipinski definition) is 2. The zero-order valence-electron chi connectivity index (χ0n) is 11.6. The number of carbonyl (C=O) groups excluding carboxylic acids is 1. The Kier molecular flexibility index (Phi) is 4.94. The molecule has 110 valence electrons. The molecular weight excluding hydrogens is 291 g/mol. The van der Waals surface area contributed by atoms with Crippen molar-refractivity contribution in [2.75, 3.05) is 0 Å². The van der Waals surface area contributed by atoms with E-state index in [1.165, 1.54) is 18.2 Å². The highest BCUT2D eigenvalue weighted by Crippen LogP contribution is 2.17. The summed E-state index contributed by atoms with van der Waals surface area (Å²) < 4.78 is 13.7. The number of amides is 1. The van der Waals surface area contributed by atoms with Crippen molar-refractivity contribution in [3.63, 3.8) is 0 Å². The van der Waals surface area contributed by atoms with Crippen molar-refractivity contribution >= 4 is 17.5 Å². The Labute approximate surface area is 127 Å². The Morgan fingerprint density at radius 2 is 1.95 bits per heavy atom. The maximum Gasteiger partial charge on any atom is 0.248 e. The van der Waals surface area contributed by atoms with Crippen LogP contribution in [0.15, 0.2) is 42.5 Å². The van der Waals surface area contributed by atoms with Crippen molar-refractivity contribution in [1.82, 2.24) is 5.32 Å². The molecule has 21 heavy (non-hydrogen) atoms. The van der Waals surface area contributed by atoms with Crippen LogP contribution in [0.2, 0.25) is 5.02 Å². The van der Waals surface area contributed by atoms with E-state index in [1.54, 1.807) is 0 Å². The first kappa shape index (κ1) is 15.5. The fraction of sp³-hybridized carbons (Fsp3) is 0.188. The van der Waals surface area contributed by atoms with E-state index in [2.05, 4.69) is 5.32 Å². The lowest BCUT2D eigenvalue weighted by atomic mass is 10.1. The van der Waals surface area contributed by atoms with Gasteiger partial charge < -0.3 is 11.1 Å². The summed E-state index contributed by atoms with van der Waals surface area (Å²) in [7, 11) is 0. The van der Waals surface area contributed by atoms with Gasteiger partial charge in [-0.15, -0.1) is 0 Å². The third-order valence-corrected chi connectivity index (χ3v) is 3.55. The van der Waals surface area contributed by atoms with Gasteiger partial charge in [0.25, 0.3) is 0 Å². The largest absolute Gasteiger partial charge is 0.366 e. The van der Waals surface area contributed by atoms with Crippen LogP contribution in [0, 0.1) is 5.82 Å². The zero-order chi connectivity index (χ0) is 15.4. The first-order chi connectivity index (χ1) is 9.97. The predicted octanol–water partition coefficient (Wildman–Crippen LogP) is 3.43. The molecule has 0 heterocycles. The average Bonchev–Trinajstić information content (AvgIpc) is 2.46. The van der Waals surface area contributed by atoms with Crippen LogP contribution in [-0.2, 0) is 6.54 Å². The van der Waals surface area contributed by atoms with Gasteiger partial charge in [-0.3, -0.25) is 4.79 Å². The van der Waals surface area contributed by atoms with Gasteiger partial charge in [0, 0.05) is 28.7 Å². The van der Waals surface area contributed by atoms with Crippen LogP contribution in [0.1, 0.15) is 34.5 Å². The Hall–Kier alpha value is -1.91. The Morgan fingerprint density at radius 3 is 2.57 bits per heavy atom. The molecule has 0 aliphatic rings. The van der Waals surface area contributed by atoms with Gasteiger partial charge in [0.05, 0.1) is 0 Å². The maximum absolute atomic E-state index is 13.7. The lowest BCUT2D eigenvalue weighted by Gasteiger charge is -2.15. The first-order valence-electron chi connectivity index (χ1n) is 6.54. The highest BCUT2D eigenvalue weighted by molar-refractivity contribution is 6.30. The summed E-state index contributed by atoms with van der Waals surface area (Å²) in [5.41, 5.74) is 6.95. The van der Waals surface area contributed by atoms with Crippen LogP contribution >= 0.6 is 11.6 Å². The molecule has 0 fully saturated rings.